The van der Waals surface area contributed by atoms with E-state index in [2.05, 4.69) is 49.2 Å². The minimum Gasteiger partial charge on any atom is -0.308 e. The molecule has 1 aromatic rings. The molecule has 0 radical (unpaired) electrons. The van der Waals surface area contributed by atoms with Gasteiger partial charge in [-0.15, -0.1) is 0 Å². The van der Waals surface area contributed by atoms with Crippen LogP contribution < -0.4 is 5.43 Å². The predicted molar refractivity (Wildman–Crippen MR) is 118 cm³/mol. The van der Waals surface area contributed by atoms with Crippen molar-refractivity contribution >= 4 is 24.2 Å². The highest BCUT2D eigenvalue weighted by Crippen LogP contribution is 2.21. The summed E-state index contributed by atoms with van der Waals surface area (Å²) in [5.74, 6) is 0. The SMILES string of the molecule is C=Cc1cc(C(=N\C2=C\C/C=N\NC\C=C/2)/C(=C/C)CCC)ccc1C=N. The van der Waals surface area contributed by atoms with Crippen LogP contribution in [0.2, 0.25) is 0 Å². The van der Waals surface area contributed by atoms with E-state index in [0.717, 1.165) is 47.4 Å². The van der Waals surface area contributed by atoms with Crippen molar-refractivity contribution in [1.29, 1.82) is 5.41 Å². The van der Waals surface area contributed by atoms with Gasteiger partial charge in [-0.1, -0.05) is 56.4 Å². The van der Waals surface area contributed by atoms with Gasteiger partial charge in [-0.2, -0.15) is 5.10 Å². The van der Waals surface area contributed by atoms with Crippen molar-refractivity contribution in [2.45, 2.75) is 33.1 Å². The van der Waals surface area contributed by atoms with Crippen molar-refractivity contribution in [2.24, 2.45) is 10.1 Å². The van der Waals surface area contributed by atoms with Crippen LogP contribution in [-0.2, 0) is 0 Å². The average molecular weight is 361 g/mol. The molecular formula is C23H28N4. The molecule has 1 aromatic carbocycles. The molecule has 0 atom stereocenters. The molecule has 0 amide bonds. The van der Waals surface area contributed by atoms with Gasteiger partial charge in [-0.3, -0.25) is 0 Å². The molecule has 4 heteroatoms. The molecule has 140 valence electrons. The Hall–Kier alpha value is -3.01. The highest BCUT2D eigenvalue weighted by atomic mass is 15.3. The fraction of sp³-hybridized carbons (Fsp3) is 0.261. The normalized spacial score (nSPS) is 19.6. The molecule has 1 aliphatic heterocycles. The Morgan fingerprint density at radius 1 is 1.37 bits per heavy atom. The van der Waals surface area contributed by atoms with Crippen LogP contribution in [0.15, 0.2) is 70.4 Å². The minimum atomic E-state index is 0.679. The molecule has 27 heavy (non-hydrogen) atoms. The lowest BCUT2D eigenvalue weighted by atomic mass is 9.95. The Bertz CT molecular complexity index is 823. The van der Waals surface area contributed by atoms with Gasteiger partial charge in [0.25, 0.3) is 0 Å². The summed E-state index contributed by atoms with van der Waals surface area (Å²) < 4.78 is 0. The maximum atomic E-state index is 7.57. The van der Waals surface area contributed by atoms with Crippen molar-refractivity contribution in [3.8, 4) is 0 Å². The maximum Gasteiger partial charge on any atom is 0.0737 e. The highest BCUT2D eigenvalue weighted by Gasteiger charge is 2.11. The molecule has 0 unspecified atom stereocenters. The molecule has 1 aliphatic rings. The Labute approximate surface area is 162 Å². The third-order valence-electron chi connectivity index (χ3n) is 4.26. The maximum absolute atomic E-state index is 7.57. The van der Waals surface area contributed by atoms with Crippen molar-refractivity contribution < 1.29 is 0 Å². The first-order chi connectivity index (χ1) is 13.2. The summed E-state index contributed by atoms with van der Waals surface area (Å²) in [6.45, 7) is 8.80. The van der Waals surface area contributed by atoms with E-state index >= 15 is 0 Å². The molecule has 2 N–H and O–H groups in total. The predicted octanol–water partition coefficient (Wildman–Crippen LogP) is 5.28. The number of rotatable bonds is 7. The fourth-order valence-corrected chi connectivity index (χ4v) is 2.88. The number of hydrazone groups is 1. The van der Waals surface area contributed by atoms with Crippen LogP contribution in [0.3, 0.4) is 0 Å². The summed E-state index contributed by atoms with van der Waals surface area (Å²) in [6, 6.07) is 6.06. The Morgan fingerprint density at radius 2 is 2.22 bits per heavy atom. The van der Waals surface area contributed by atoms with E-state index in [1.807, 2.05) is 30.5 Å². The van der Waals surface area contributed by atoms with E-state index in [0.29, 0.717) is 6.54 Å². The first-order valence-electron chi connectivity index (χ1n) is 9.36. The lowest BCUT2D eigenvalue weighted by Crippen LogP contribution is -2.07. The standard InChI is InChI=1S/C23H28N4/c1-4-9-18(5-2)23(20-12-13-21(17-24)19(6-3)16-20)27-22-10-7-14-25-26-15-8-11-22/h5-7,10-13,15-17,24-25H,3-4,8-9,14H2,1-2H3/b10-7-,18-5+,22-11+,24-17?,26-15-,27-23-. The number of benzene rings is 1. The van der Waals surface area contributed by atoms with Gasteiger partial charge >= 0.3 is 0 Å². The molecule has 0 aliphatic carbocycles. The van der Waals surface area contributed by atoms with Crippen LogP contribution in [0.1, 0.15) is 49.8 Å². The zero-order valence-electron chi connectivity index (χ0n) is 16.2. The monoisotopic (exact) mass is 360 g/mol. The molecule has 0 saturated heterocycles. The molecule has 2 rings (SSSR count). The number of allylic oxidation sites excluding steroid dienone is 4. The van der Waals surface area contributed by atoms with Gasteiger partial charge in [0.1, 0.15) is 0 Å². The van der Waals surface area contributed by atoms with Gasteiger partial charge in [-0.25, -0.2) is 4.99 Å². The summed E-state index contributed by atoms with van der Waals surface area (Å²) in [7, 11) is 0. The van der Waals surface area contributed by atoms with Crippen LogP contribution in [0.5, 0.6) is 0 Å². The van der Waals surface area contributed by atoms with Gasteiger partial charge in [0.05, 0.1) is 18.0 Å². The van der Waals surface area contributed by atoms with E-state index in [1.165, 1.54) is 11.8 Å². The molecule has 0 spiro atoms. The van der Waals surface area contributed by atoms with E-state index in [4.69, 9.17) is 10.4 Å². The Morgan fingerprint density at radius 3 is 2.93 bits per heavy atom. The highest BCUT2D eigenvalue weighted by molar-refractivity contribution is 6.13. The minimum absolute atomic E-state index is 0.679. The lowest BCUT2D eigenvalue weighted by molar-refractivity contribution is 0.829. The number of aliphatic imine (C=N–C) groups is 1. The first kappa shape index (κ1) is 20.3. The van der Waals surface area contributed by atoms with Crippen molar-refractivity contribution in [1.82, 2.24) is 5.43 Å². The Balaban J connectivity index is 2.57. The summed E-state index contributed by atoms with van der Waals surface area (Å²) >= 11 is 0. The zero-order chi connectivity index (χ0) is 19.5. The van der Waals surface area contributed by atoms with Crippen LogP contribution in [0, 0.1) is 5.41 Å². The number of nitrogens with one attached hydrogen (secondary N) is 2. The average Bonchev–Trinajstić information content (AvgIpc) is 2.84. The van der Waals surface area contributed by atoms with E-state index < -0.39 is 0 Å². The molecule has 0 fully saturated rings. The smallest absolute Gasteiger partial charge is 0.0737 e. The Kier molecular flexibility index (Phi) is 8.17. The largest absolute Gasteiger partial charge is 0.308 e. The van der Waals surface area contributed by atoms with Crippen molar-refractivity contribution in [3.05, 3.63) is 77.0 Å². The van der Waals surface area contributed by atoms with Crippen LogP contribution in [0.25, 0.3) is 6.08 Å². The van der Waals surface area contributed by atoms with Crippen LogP contribution in [0.4, 0.5) is 0 Å². The van der Waals surface area contributed by atoms with Crippen molar-refractivity contribution in [3.63, 3.8) is 0 Å². The van der Waals surface area contributed by atoms with Gasteiger partial charge < -0.3 is 10.8 Å². The lowest BCUT2D eigenvalue weighted by Gasteiger charge is -2.13. The van der Waals surface area contributed by atoms with Gasteiger partial charge in [0.2, 0.25) is 0 Å². The van der Waals surface area contributed by atoms with Crippen LogP contribution in [-0.4, -0.2) is 24.7 Å². The topological polar surface area (TPSA) is 60.6 Å². The first-order valence-corrected chi connectivity index (χ1v) is 9.36. The molecule has 0 aromatic heterocycles. The number of nitrogens with zero attached hydrogens (tertiary/aromatic N) is 2. The number of hydrogen-bond acceptors (Lipinski definition) is 4. The fourth-order valence-electron chi connectivity index (χ4n) is 2.88. The second kappa shape index (κ2) is 10.9. The number of hydrogen-bond donors (Lipinski definition) is 2. The van der Waals surface area contributed by atoms with Crippen molar-refractivity contribution in [2.75, 3.05) is 6.54 Å². The molecule has 4 nitrogen and oxygen atoms in total. The summed E-state index contributed by atoms with van der Waals surface area (Å²) in [6.07, 6.45) is 16.0. The van der Waals surface area contributed by atoms with Crippen LogP contribution >= 0.6 is 0 Å². The second-order valence-electron chi connectivity index (χ2n) is 6.16. The quantitative estimate of drug-likeness (QED) is 0.638. The summed E-state index contributed by atoms with van der Waals surface area (Å²) in [4.78, 5) is 5.01. The molecule has 0 bridgehead atoms. The molecule has 1 heterocycles. The van der Waals surface area contributed by atoms with E-state index in [9.17, 15) is 0 Å². The van der Waals surface area contributed by atoms with Gasteiger partial charge in [0.15, 0.2) is 0 Å². The molecular weight excluding hydrogens is 332 g/mol. The van der Waals surface area contributed by atoms with E-state index in [1.54, 1.807) is 6.08 Å². The summed E-state index contributed by atoms with van der Waals surface area (Å²) in [5.41, 5.74) is 8.92. The van der Waals surface area contributed by atoms with Gasteiger partial charge in [-0.05, 0) is 42.2 Å². The molecule has 0 saturated carbocycles. The summed E-state index contributed by atoms with van der Waals surface area (Å²) in [5, 5.41) is 11.7. The van der Waals surface area contributed by atoms with E-state index in [-0.39, 0.29) is 0 Å². The van der Waals surface area contributed by atoms with Gasteiger partial charge in [0, 0.05) is 24.4 Å². The zero-order valence-corrected chi connectivity index (χ0v) is 16.2. The third-order valence-corrected chi connectivity index (χ3v) is 4.26. The third kappa shape index (κ3) is 5.74. The second-order valence-corrected chi connectivity index (χ2v) is 6.16.